The molecule has 198 valence electrons. The molecule has 10 nitrogen and oxygen atoms in total. The van der Waals surface area contributed by atoms with E-state index in [1.54, 1.807) is 52.4 Å². The van der Waals surface area contributed by atoms with Gasteiger partial charge in [0, 0.05) is 56.0 Å². The summed E-state index contributed by atoms with van der Waals surface area (Å²) in [5, 5.41) is 13.0. The van der Waals surface area contributed by atoms with Crippen molar-refractivity contribution in [2.75, 3.05) is 45.3 Å². The zero-order chi connectivity index (χ0) is 27.1. The van der Waals surface area contributed by atoms with Crippen molar-refractivity contribution < 1.29 is 19.4 Å². The Morgan fingerprint density at radius 3 is 1.97 bits per heavy atom. The number of hydrogen-bond acceptors (Lipinski definition) is 10. The number of benzene rings is 2. The predicted molar refractivity (Wildman–Crippen MR) is 149 cm³/mol. The molecule has 0 radical (unpaired) electrons. The molecular formula is C26H28N6O4S2. The van der Waals surface area contributed by atoms with Crippen LogP contribution in [0.4, 0.5) is 0 Å². The van der Waals surface area contributed by atoms with E-state index in [1.165, 1.54) is 12.7 Å². The van der Waals surface area contributed by atoms with E-state index < -0.39 is 0 Å². The molecule has 1 saturated heterocycles. The highest BCUT2D eigenvalue weighted by Crippen LogP contribution is 2.26. The van der Waals surface area contributed by atoms with Gasteiger partial charge in [-0.3, -0.25) is 9.59 Å². The number of piperazine rings is 1. The number of aromatic nitrogens is 4. The van der Waals surface area contributed by atoms with E-state index in [1.807, 2.05) is 36.8 Å². The van der Waals surface area contributed by atoms with Crippen molar-refractivity contribution in [3.63, 3.8) is 0 Å². The molecule has 4 aromatic rings. The van der Waals surface area contributed by atoms with Gasteiger partial charge in [-0.2, -0.15) is 0 Å². The summed E-state index contributed by atoms with van der Waals surface area (Å²) in [7, 11) is 0. The van der Waals surface area contributed by atoms with E-state index in [9.17, 15) is 14.7 Å². The highest BCUT2D eigenvalue weighted by atomic mass is 32.2. The summed E-state index contributed by atoms with van der Waals surface area (Å²) >= 11 is 3.13. The molecule has 2 aromatic carbocycles. The number of hydrogen-bond donors (Lipinski definition) is 1. The number of fused-ring (bicyclic) bond motifs is 2. The number of thioether (sulfide) groups is 2. The Morgan fingerprint density at radius 2 is 1.39 bits per heavy atom. The Bertz CT molecular complexity index is 1450. The van der Waals surface area contributed by atoms with Crippen LogP contribution in [0.5, 0.6) is 11.5 Å². The van der Waals surface area contributed by atoms with Crippen LogP contribution in [0.15, 0.2) is 59.1 Å². The number of rotatable bonds is 5. The maximum absolute atomic E-state index is 12.3. The fourth-order valence-corrected chi connectivity index (χ4v) is 5.05. The van der Waals surface area contributed by atoms with Gasteiger partial charge in [0.05, 0.1) is 11.0 Å². The number of aromatic hydroxyl groups is 1. The van der Waals surface area contributed by atoms with Crippen molar-refractivity contribution in [3.05, 3.63) is 49.1 Å². The van der Waals surface area contributed by atoms with Crippen LogP contribution in [0.2, 0.25) is 0 Å². The molecular weight excluding hydrogens is 524 g/mol. The molecule has 0 bridgehead atoms. The van der Waals surface area contributed by atoms with Crippen molar-refractivity contribution in [2.45, 2.75) is 17.0 Å². The van der Waals surface area contributed by atoms with Gasteiger partial charge in [0.25, 0.3) is 5.91 Å². The second-order valence-corrected chi connectivity index (χ2v) is 9.91. The van der Waals surface area contributed by atoms with Crippen LogP contribution in [0, 0.1) is 0 Å². The van der Waals surface area contributed by atoms with Crippen molar-refractivity contribution >= 4 is 57.1 Å². The number of phenols is 1. The maximum Gasteiger partial charge on any atom is 0.260 e. The predicted octanol–water partition coefficient (Wildman–Crippen LogP) is 3.48. The lowest BCUT2D eigenvalue weighted by atomic mass is 10.2. The largest absolute Gasteiger partial charge is 0.508 e. The molecule has 5 rings (SSSR count). The number of ether oxygens (including phenoxy) is 1. The van der Waals surface area contributed by atoms with E-state index >= 15 is 0 Å². The first-order valence-corrected chi connectivity index (χ1v) is 14.3. The number of phenolic OH excluding ortho intramolecular Hbond substituents is 1. The number of carbonyl (C=O) groups is 2. The summed E-state index contributed by atoms with van der Waals surface area (Å²) < 4.78 is 5.64. The third-order valence-corrected chi connectivity index (χ3v) is 7.41. The molecule has 2 aromatic heterocycles. The third-order valence-electron chi connectivity index (χ3n) is 5.98. The summed E-state index contributed by atoms with van der Waals surface area (Å²) in [4.78, 5) is 43.8. The minimum atomic E-state index is -0.0733. The molecule has 0 aliphatic carbocycles. The maximum atomic E-state index is 12.3. The van der Waals surface area contributed by atoms with Crippen LogP contribution in [0.3, 0.4) is 0 Å². The van der Waals surface area contributed by atoms with Crippen LogP contribution >= 0.6 is 23.5 Å². The SMILES string of the molecule is CSc1ncnc2cc(O)ccc12.CSc1ncnc2cc(OCC(=O)N3CCN(C(C)=O)CC3)ccc12. The van der Waals surface area contributed by atoms with Gasteiger partial charge in [-0.1, -0.05) is 0 Å². The molecule has 0 spiro atoms. The minimum Gasteiger partial charge on any atom is -0.508 e. The zero-order valence-corrected chi connectivity index (χ0v) is 23.0. The van der Waals surface area contributed by atoms with Gasteiger partial charge >= 0.3 is 0 Å². The first kappa shape index (κ1) is 27.4. The van der Waals surface area contributed by atoms with Crippen LogP contribution in [-0.4, -0.2) is 92.0 Å². The monoisotopic (exact) mass is 552 g/mol. The molecule has 2 amide bonds. The Kier molecular flexibility index (Phi) is 9.19. The molecule has 3 heterocycles. The Balaban J connectivity index is 0.000000216. The van der Waals surface area contributed by atoms with E-state index in [2.05, 4.69) is 19.9 Å². The average Bonchev–Trinajstić information content (AvgIpc) is 2.95. The molecule has 1 N–H and O–H groups in total. The highest BCUT2D eigenvalue weighted by molar-refractivity contribution is 7.99. The summed E-state index contributed by atoms with van der Waals surface area (Å²) in [5.41, 5.74) is 1.57. The Hall–Kier alpha value is -3.64. The Morgan fingerprint density at radius 1 is 0.842 bits per heavy atom. The summed E-state index contributed by atoms with van der Waals surface area (Å²) in [6, 6.07) is 10.7. The fraction of sp³-hybridized carbons (Fsp3) is 0.308. The molecule has 12 heteroatoms. The van der Waals surface area contributed by atoms with Crippen LogP contribution in [-0.2, 0) is 9.59 Å². The normalized spacial score (nSPS) is 13.2. The highest BCUT2D eigenvalue weighted by Gasteiger charge is 2.22. The van der Waals surface area contributed by atoms with E-state index in [-0.39, 0.29) is 24.2 Å². The van der Waals surface area contributed by atoms with E-state index in [0.29, 0.717) is 31.9 Å². The number of nitrogens with zero attached hydrogens (tertiary/aromatic N) is 6. The third kappa shape index (κ3) is 6.62. The summed E-state index contributed by atoms with van der Waals surface area (Å²) in [6.45, 7) is 3.77. The lowest BCUT2D eigenvalue weighted by molar-refractivity contribution is -0.139. The zero-order valence-electron chi connectivity index (χ0n) is 21.3. The fourth-order valence-electron chi connectivity index (χ4n) is 3.96. The average molecular weight is 553 g/mol. The quantitative estimate of drug-likeness (QED) is 0.291. The molecule has 0 saturated carbocycles. The van der Waals surface area contributed by atoms with Gasteiger partial charge in [0.2, 0.25) is 5.91 Å². The molecule has 38 heavy (non-hydrogen) atoms. The van der Waals surface area contributed by atoms with Crippen molar-refractivity contribution in [1.82, 2.24) is 29.7 Å². The van der Waals surface area contributed by atoms with E-state index in [4.69, 9.17) is 4.74 Å². The molecule has 1 aliphatic rings. The minimum absolute atomic E-state index is 0.0218. The standard InChI is InChI=1S/C17H20N4O3S.C9H8N2OS/c1-12(22)20-5-7-21(8-6-20)16(23)10-24-13-3-4-14-15(9-13)18-11-19-17(14)25-2;1-13-9-7-3-2-6(12)4-8(7)10-5-11-9/h3-4,9,11H,5-8,10H2,1-2H3;2-5,12H,1H3. The first-order valence-electron chi connectivity index (χ1n) is 11.8. The van der Waals surface area contributed by atoms with Crippen LogP contribution in [0.1, 0.15) is 6.92 Å². The smallest absolute Gasteiger partial charge is 0.260 e. The molecule has 0 atom stereocenters. The second-order valence-electron chi connectivity index (χ2n) is 8.32. The van der Waals surface area contributed by atoms with Gasteiger partial charge in [0.1, 0.15) is 34.2 Å². The van der Waals surface area contributed by atoms with Gasteiger partial charge in [0.15, 0.2) is 6.61 Å². The van der Waals surface area contributed by atoms with Crippen LogP contribution < -0.4 is 4.74 Å². The van der Waals surface area contributed by atoms with Crippen molar-refractivity contribution in [2.24, 2.45) is 0 Å². The topological polar surface area (TPSA) is 122 Å². The molecule has 0 unspecified atom stereocenters. The van der Waals surface area contributed by atoms with Crippen LogP contribution in [0.25, 0.3) is 21.8 Å². The van der Waals surface area contributed by atoms with Crippen molar-refractivity contribution in [1.29, 1.82) is 0 Å². The molecule has 1 fully saturated rings. The van der Waals surface area contributed by atoms with Gasteiger partial charge in [-0.25, -0.2) is 19.9 Å². The lowest BCUT2D eigenvalue weighted by Gasteiger charge is -2.34. The lowest BCUT2D eigenvalue weighted by Crippen LogP contribution is -2.51. The second kappa shape index (κ2) is 12.7. The van der Waals surface area contributed by atoms with Gasteiger partial charge < -0.3 is 19.6 Å². The number of amides is 2. The first-order chi connectivity index (χ1) is 18.4. The molecule has 1 aliphatic heterocycles. The number of carbonyl (C=O) groups excluding carboxylic acids is 2. The van der Waals surface area contributed by atoms with Gasteiger partial charge in [-0.05, 0) is 36.8 Å². The Labute approximate surface area is 228 Å². The van der Waals surface area contributed by atoms with E-state index in [0.717, 1.165) is 31.9 Å². The van der Waals surface area contributed by atoms with Gasteiger partial charge in [-0.15, -0.1) is 23.5 Å². The van der Waals surface area contributed by atoms with Crippen molar-refractivity contribution in [3.8, 4) is 11.5 Å². The summed E-state index contributed by atoms with van der Waals surface area (Å²) in [6.07, 6.45) is 6.97. The summed E-state index contributed by atoms with van der Waals surface area (Å²) in [5.74, 6) is 0.814.